The first kappa shape index (κ1) is 16.9. The van der Waals surface area contributed by atoms with Gasteiger partial charge in [0.2, 0.25) is 0 Å². The van der Waals surface area contributed by atoms with Gasteiger partial charge < -0.3 is 10.1 Å². The SMILES string of the molecule is CC[C@]1(CC(=O)O)CCC(Cc2ccccc2)c2c1[nH]c1ccccc21. The summed E-state index contributed by atoms with van der Waals surface area (Å²) in [6.07, 6.45) is 4.00. The molecule has 2 aromatic carbocycles. The molecule has 1 heterocycles. The first-order valence-electron chi connectivity index (χ1n) is 9.50. The van der Waals surface area contributed by atoms with E-state index in [1.54, 1.807) is 0 Å². The zero-order valence-corrected chi connectivity index (χ0v) is 15.2. The molecule has 134 valence electrons. The number of benzene rings is 2. The topological polar surface area (TPSA) is 53.1 Å². The van der Waals surface area contributed by atoms with Gasteiger partial charge in [0.1, 0.15) is 0 Å². The number of aliphatic carboxylic acids is 1. The number of carbonyl (C=O) groups is 1. The molecule has 1 aromatic heterocycles. The Hall–Kier alpha value is -2.55. The van der Waals surface area contributed by atoms with E-state index in [4.69, 9.17) is 0 Å². The summed E-state index contributed by atoms with van der Waals surface area (Å²) in [7, 11) is 0. The smallest absolute Gasteiger partial charge is 0.304 e. The summed E-state index contributed by atoms with van der Waals surface area (Å²) in [5.74, 6) is -0.282. The Morgan fingerprint density at radius 3 is 2.62 bits per heavy atom. The first-order valence-corrected chi connectivity index (χ1v) is 9.50. The number of fused-ring (bicyclic) bond motifs is 3. The maximum absolute atomic E-state index is 11.6. The van der Waals surface area contributed by atoms with Crippen LogP contribution in [0.5, 0.6) is 0 Å². The van der Waals surface area contributed by atoms with Gasteiger partial charge in [-0.05, 0) is 48.8 Å². The van der Waals surface area contributed by atoms with Crippen LogP contribution < -0.4 is 0 Å². The molecular formula is C23H25NO2. The predicted molar refractivity (Wildman–Crippen MR) is 105 cm³/mol. The normalized spacial score (nSPS) is 22.3. The van der Waals surface area contributed by atoms with Crippen molar-refractivity contribution in [1.82, 2.24) is 4.98 Å². The number of aromatic amines is 1. The summed E-state index contributed by atoms with van der Waals surface area (Å²) in [4.78, 5) is 15.2. The van der Waals surface area contributed by atoms with Crippen molar-refractivity contribution in [3.05, 3.63) is 71.4 Å². The lowest BCUT2D eigenvalue weighted by Gasteiger charge is -2.39. The Kier molecular flexibility index (Phi) is 4.31. The van der Waals surface area contributed by atoms with Gasteiger partial charge in [-0.15, -0.1) is 0 Å². The Bertz CT molecular complexity index is 928. The van der Waals surface area contributed by atoms with Crippen LogP contribution in [0.25, 0.3) is 10.9 Å². The van der Waals surface area contributed by atoms with Gasteiger partial charge >= 0.3 is 5.97 Å². The molecule has 1 unspecified atom stereocenters. The van der Waals surface area contributed by atoms with Crippen LogP contribution >= 0.6 is 0 Å². The summed E-state index contributed by atoms with van der Waals surface area (Å²) in [5, 5.41) is 10.8. The number of carboxylic acid groups (broad SMARTS) is 1. The highest BCUT2D eigenvalue weighted by atomic mass is 16.4. The Labute approximate surface area is 154 Å². The predicted octanol–water partition coefficient (Wildman–Crippen LogP) is 5.41. The van der Waals surface area contributed by atoms with Crippen LogP contribution in [0, 0.1) is 0 Å². The second kappa shape index (κ2) is 6.64. The molecule has 0 fully saturated rings. The van der Waals surface area contributed by atoms with Crippen molar-refractivity contribution in [3.63, 3.8) is 0 Å². The van der Waals surface area contributed by atoms with Crippen LogP contribution in [-0.2, 0) is 16.6 Å². The molecule has 26 heavy (non-hydrogen) atoms. The zero-order chi connectivity index (χ0) is 18.1. The van der Waals surface area contributed by atoms with Gasteiger partial charge in [0.15, 0.2) is 0 Å². The molecule has 3 heteroatoms. The molecule has 2 N–H and O–H groups in total. The molecule has 0 bridgehead atoms. The van der Waals surface area contributed by atoms with E-state index in [0.717, 1.165) is 36.9 Å². The Morgan fingerprint density at radius 2 is 1.88 bits per heavy atom. The van der Waals surface area contributed by atoms with Crippen molar-refractivity contribution in [3.8, 4) is 0 Å². The molecule has 0 amide bonds. The third-order valence-electron chi connectivity index (χ3n) is 6.15. The third kappa shape index (κ3) is 2.82. The maximum Gasteiger partial charge on any atom is 0.304 e. The van der Waals surface area contributed by atoms with E-state index in [2.05, 4.69) is 60.4 Å². The van der Waals surface area contributed by atoms with Crippen LogP contribution in [0.15, 0.2) is 54.6 Å². The van der Waals surface area contributed by atoms with E-state index < -0.39 is 5.97 Å². The van der Waals surface area contributed by atoms with Crippen LogP contribution in [-0.4, -0.2) is 16.1 Å². The highest BCUT2D eigenvalue weighted by Gasteiger charge is 2.42. The summed E-state index contributed by atoms with van der Waals surface area (Å²) in [6, 6.07) is 19.0. The number of nitrogens with one attached hydrogen (secondary N) is 1. The van der Waals surface area contributed by atoms with Crippen molar-refractivity contribution in [2.75, 3.05) is 0 Å². The van der Waals surface area contributed by atoms with Gasteiger partial charge in [-0.2, -0.15) is 0 Å². The monoisotopic (exact) mass is 347 g/mol. The first-order chi connectivity index (χ1) is 12.6. The minimum absolute atomic E-state index is 0.196. The Morgan fingerprint density at radius 1 is 1.15 bits per heavy atom. The van der Waals surface area contributed by atoms with Crippen molar-refractivity contribution in [2.45, 2.75) is 50.4 Å². The van der Waals surface area contributed by atoms with E-state index >= 15 is 0 Å². The highest BCUT2D eigenvalue weighted by molar-refractivity contribution is 5.86. The van der Waals surface area contributed by atoms with Crippen molar-refractivity contribution in [2.24, 2.45) is 0 Å². The van der Waals surface area contributed by atoms with E-state index in [1.165, 1.54) is 16.5 Å². The van der Waals surface area contributed by atoms with Gasteiger partial charge in [-0.1, -0.05) is 55.5 Å². The molecule has 3 aromatic rings. The lowest BCUT2D eigenvalue weighted by atomic mass is 9.65. The van der Waals surface area contributed by atoms with Crippen molar-refractivity contribution < 1.29 is 9.90 Å². The average Bonchev–Trinajstić information content (AvgIpc) is 3.05. The molecule has 3 nitrogen and oxygen atoms in total. The van der Waals surface area contributed by atoms with E-state index in [1.807, 2.05) is 6.07 Å². The quantitative estimate of drug-likeness (QED) is 0.648. The maximum atomic E-state index is 11.6. The largest absolute Gasteiger partial charge is 0.481 e. The number of hydrogen-bond donors (Lipinski definition) is 2. The van der Waals surface area contributed by atoms with Gasteiger partial charge in [0.25, 0.3) is 0 Å². The Balaban J connectivity index is 1.85. The van der Waals surface area contributed by atoms with Gasteiger partial charge in [0.05, 0.1) is 6.42 Å². The van der Waals surface area contributed by atoms with Gasteiger partial charge in [0, 0.05) is 22.0 Å². The summed E-state index contributed by atoms with van der Waals surface area (Å²) >= 11 is 0. The lowest BCUT2D eigenvalue weighted by Crippen LogP contribution is -2.34. The van der Waals surface area contributed by atoms with Crippen LogP contribution in [0.2, 0.25) is 0 Å². The third-order valence-corrected chi connectivity index (χ3v) is 6.15. The number of rotatable bonds is 5. The second-order valence-corrected chi connectivity index (χ2v) is 7.59. The molecule has 0 radical (unpaired) electrons. The molecule has 0 saturated carbocycles. The molecular weight excluding hydrogens is 322 g/mol. The van der Waals surface area contributed by atoms with Gasteiger partial charge in [-0.3, -0.25) is 4.79 Å². The van der Waals surface area contributed by atoms with E-state index in [9.17, 15) is 9.90 Å². The standard InChI is InChI=1S/C23H25NO2/c1-2-23(15-20(25)26)13-12-17(14-16-8-4-3-5-9-16)21-18-10-6-7-11-19(18)24-22(21)23/h3-11,17,24H,2,12-15H2,1H3,(H,25,26)/t17?,23-/m1/s1. The molecule has 4 rings (SSSR count). The molecule has 2 atom stereocenters. The van der Waals surface area contributed by atoms with Crippen molar-refractivity contribution in [1.29, 1.82) is 0 Å². The summed E-state index contributed by atoms with van der Waals surface area (Å²) in [5.41, 5.74) is 4.69. The number of hydrogen-bond acceptors (Lipinski definition) is 1. The summed E-state index contributed by atoms with van der Waals surface area (Å²) < 4.78 is 0. The number of para-hydroxylation sites is 1. The highest BCUT2D eigenvalue weighted by Crippen LogP contribution is 2.50. The molecule has 0 aliphatic heterocycles. The fourth-order valence-electron chi connectivity index (χ4n) is 4.77. The van der Waals surface area contributed by atoms with Crippen molar-refractivity contribution >= 4 is 16.9 Å². The molecule has 0 spiro atoms. The van der Waals surface area contributed by atoms with Crippen LogP contribution in [0.3, 0.4) is 0 Å². The minimum atomic E-state index is -0.710. The van der Waals surface area contributed by atoms with E-state index in [-0.39, 0.29) is 11.8 Å². The fourth-order valence-corrected chi connectivity index (χ4v) is 4.77. The van der Waals surface area contributed by atoms with Crippen LogP contribution in [0.4, 0.5) is 0 Å². The second-order valence-electron chi connectivity index (χ2n) is 7.59. The van der Waals surface area contributed by atoms with Gasteiger partial charge in [-0.25, -0.2) is 0 Å². The van der Waals surface area contributed by atoms with Crippen LogP contribution in [0.1, 0.15) is 55.3 Å². The number of carboxylic acids is 1. The molecule has 0 saturated heterocycles. The molecule has 1 aliphatic carbocycles. The number of aromatic nitrogens is 1. The summed E-state index contributed by atoms with van der Waals surface area (Å²) in [6.45, 7) is 2.12. The zero-order valence-electron chi connectivity index (χ0n) is 15.2. The lowest BCUT2D eigenvalue weighted by molar-refractivity contribution is -0.138. The fraction of sp³-hybridized carbons (Fsp3) is 0.348. The van der Waals surface area contributed by atoms with E-state index in [0.29, 0.717) is 5.92 Å². The molecule has 1 aliphatic rings. The average molecular weight is 347 g/mol. The number of H-pyrrole nitrogens is 1. The minimum Gasteiger partial charge on any atom is -0.481 e.